The average Bonchev–Trinajstić information content (AvgIpc) is 2.87. The SMILES string of the molecule is O=C1CC(OCc2ccccc2)CN1Cc1ccccc1. The summed E-state index contributed by atoms with van der Waals surface area (Å²) in [6.45, 7) is 1.92. The van der Waals surface area contributed by atoms with Gasteiger partial charge in [0, 0.05) is 13.1 Å². The average molecular weight is 281 g/mol. The minimum absolute atomic E-state index is 0.00131. The summed E-state index contributed by atoms with van der Waals surface area (Å²) >= 11 is 0. The lowest BCUT2D eigenvalue weighted by Crippen LogP contribution is -2.25. The summed E-state index contributed by atoms with van der Waals surface area (Å²) in [7, 11) is 0. The topological polar surface area (TPSA) is 29.5 Å². The Hall–Kier alpha value is -2.13. The first-order valence-electron chi connectivity index (χ1n) is 7.28. The number of nitrogens with zero attached hydrogens (tertiary/aromatic N) is 1. The normalized spacial score (nSPS) is 18.2. The van der Waals surface area contributed by atoms with Crippen LogP contribution in [0.2, 0.25) is 0 Å². The molecule has 0 aromatic heterocycles. The van der Waals surface area contributed by atoms with Crippen molar-refractivity contribution in [2.75, 3.05) is 6.54 Å². The van der Waals surface area contributed by atoms with Gasteiger partial charge in [-0.1, -0.05) is 60.7 Å². The van der Waals surface area contributed by atoms with Gasteiger partial charge in [0.2, 0.25) is 5.91 Å². The van der Waals surface area contributed by atoms with Crippen LogP contribution in [0.5, 0.6) is 0 Å². The maximum absolute atomic E-state index is 12.0. The standard InChI is InChI=1S/C18H19NO2/c20-18-11-17(21-14-16-9-5-2-6-10-16)13-19(18)12-15-7-3-1-4-8-15/h1-10,17H,11-14H2. The molecule has 1 aliphatic heterocycles. The van der Waals surface area contributed by atoms with Crippen LogP contribution in [-0.4, -0.2) is 23.5 Å². The molecule has 0 bridgehead atoms. The van der Waals surface area contributed by atoms with Gasteiger partial charge in [0.1, 0.15) is 0 Å². The van der Waals surface area contributed by atoms with Crippen molar-refractivity contribution in [3.63, 3.8) is 0 Å². The summed E-state index contributed by atoms with van der Waals surface area (Å²) in [6, 6.07) is 20.2. The monoisotopic (exact) mass is 281 g/mol. The zero-order valence-corrected chi connectivity index (χ0v) is 11.9. The Morgan fingerprint density at radius 3 is 2.24 bits per heavy atom. The predicted octanol–water partition coefficient (Wildman–Crippen LogP) is 3.00. The van der Waals surface area contributed by atoms with Crippen molar-refractivity contribution in [3.05, 3.63) is 71.8 Å². The number of rotatable bonds is 5. The molecule has 1 amide bonds. The zero-order valence-electron chi connectivity index (χ0n) is 11.9. The van der Waals surface area contributed by atoms with E-state index in [2.05, 4.69) is 0 Å². The van der Waals surface area contributed by atoms with Gasteiger partial charge in [-0.15, -0.1) is 0 Å². The first kappa shape index (κ1) is 13.8. The van der Waals surface area contributed by atoms with E-state index in [1.165, 1.54) is 0 Å². The van der Waals surface area contributed by atoms with Crippen molar-refractivity contribution in [3.8, 4) is 0 Å². The first-order valence-corrected chi connectivity index (χ1v) is 7.28. The van der Waals surface area contributed by atoms with E-state index in [-0.39, 0.29) is 12.0 Å². The molecule has 3 rings (SSSR count). The van der Waals surface area contributed by atoms with E-state index >= 15 is 0 Å². The third-order valence-corrected chi connectivity index (χ3v) is 3.72. The molecular weight excluding hydrogens is 262 g/mol. The van der Waals surface area contributed by atoms with Crippen LogP contribution in [0.15, 0.2) is 60.7 Å². The summed E-state index contributed by atoms with van der Waals surface area (Å²) in [5.74, 6) is 0.178. The van der Waals surface area contributed by atoms with Crippen LogP contribution in [0, 0.1) is 0 Å². The second-order valence-electron chi connectivity index (χ2n) is 5.38. The maximum atomic E-state index is 12.0. The maximum Gasteiger partial charge on any atom is 0.225 e. The predicted molar refractivity (Wildman–Crippen MR) is 81.5 cm³/mol. The fraction of sp³-hybridized carbons (Fsp3) is 0.278. The van der Waals surface area contributed by atoms with E-state index in [1.807, 2.05) is 65.6 Å². The first-order chi connectivity index (χ1) is 10.3. The van der Waals surface area contributed by atoms with Crippen molar-refractivity contribution in [1.82, 2.24) is 4.90 Å². The van der Waals surface area contributed by atoms with Crippen LogP contribution in [0.3, 0.4) is 0 Å². The van der Waals surface area contributed by atoms with Gasteiger partial charge in [-0.25, -0.2) is 0 Å². The van der Waals surface area contributed by atoms with Crippen molar-refractivity contribution in [1.29, 1.82) is 0 Å². The van der Waals surface area contributed by atoms with Crippen LogP contribution < -0.4 is 0 Å². The fourth-order valence-electron chi connectivity index (χ4n) is 2.59. The quantitative estimate of drug-likeness (QED) is 0.843. The molecule has 0 spiro atoms. The molecule has 1 atom stereocenters. The Kier molecular flexibility index (Phi) is 4.31. The number of hydrogen-bond acceptors (Lipinski definition) is 2. The number of amides is 1. The molecule has 1 fully saturated rings. The smallest absolute Gasteiger partial charge is 0.225 e. The van der Waals surface area contributed by atoms with E-state index in [0.29, 0.717) is 26.1 Å². The largest absolute Gasteiger partial charge is 0.371 e. The van der Waals surface area contributed by atoms with Gasteiger partial charge in [-0.3, -0.25) is 4.79 Å². The highest BCUT2D eigenvalue weighted by Gasteiger charge is 2.30. The number of ether oxygens (including phenoxy) is 1. The molecule has 0 radical (unpaired) electrons. The van der Waals surface area contributed by atoms with Crippen LogP contribution in [0.25, 0.3) is 0 Å². The lowest BCUT2D eigenvalue weighted by molar-refractivity contribution is -0.128. The van der Waals surface area contributed by atoms with Crippen LogP contribution in [0.1, 0.15) is 17.5 Å². The molecular formula is C18H19NO2. The molecule has 2 aromatic rings. The third kappa shape index (κ3) is 3.70. The van der Waals surface area contributed by atoms with Crippen molar-refractivity contribution in [2.24, 2.45) is 0 Å². The Bertz CT molecular complexity index is 583. The van der Waals surface area contributed by atoms with Crippen LogP contribution >= 0.6 is 0 Å². The summed E-state index contributed by atoms with van der Waals surface area (Å²) < 4.78 is 5.86. The summed E-state index contributed by atoms with van der Waals surface area (Å²) in [5.41, 5.74) is 2.31. The minimum Gasteiger partial charge on any atom is -0.371 e. The van der Waals surface area contributed by atoms with Gasteiger partial charge in [-0.2, -0.15) is 0 Å². The van der Waals surface area contributed by atoms with Crippen molar-refractivity contribution < 1.29 is 9.53 Å². The van der Waals surface area contributed by atoms with Crippen LogP contribution in [-0.2, 0) is 22.7 Å². The molecule has 1 heterocycles. The Balaban J connectivity index is 1.53. The highest BCUT2D eigenvalue weighted by atomic mass is 16.5. The Labute approximate surface area is 125 Å². The highest BCUT2D eigenvalue weighted by molar-refractivity contribution is 5.79. The molecule has 0 N–H and O–H groups in total. The fourth-order valence-corrected chi connectivity index (χ4v) is 2.59. The van der Waals surface area contributed by atoms with E-state index in [1.54, 1.807) is 0 Å². The lowest BCUT2D eigenvalue weighted by atomic mass is 10.2. The Morgan fingerprint density at radius 1 is 0.952 bits per heavy atom. The molecule has 108 valence electrons. The number of carbonyl (C=O) groups is 1. The van der Waals surface area contributed by atoms with Gasteiger partial charge in [0.05, 0.1) is 19.1 Å². The minimum atomic E-state index is 0.00131. The zero-order chi connectivity index (χ0) is 14.5. The second-order valence-corrected chi connectivity index (χ2v) is 5.38. The van der Waals surface area contributed by atoms with Crippen LogP contribution in [0.4, 0.5) is 0 Å². The molecule has 21 heavy (non-hydrogen) atoms. The Morgan fingerprint density at radius 2 is 1.57 bits per heavy atom. The van der Waals surface area contributed by atoms with Gasteiger partial charge in [-0.05, 0) is 11.1 Å². The van der Waals surface area contributed by atoms with Gasteiger partial charge in [0.25, 0.3) is 0 Å². The van der Waals surface area contributed by atoms with E-state index in [9.17, 15) is 4.79 Å². The number of carbonyl (C=O) groups excluding carboxylic acids is 1. The van der Waals surface area contributed by atoms with Crippen molar-refractivity contribution in [2.45, 2.75) is 25.7 Å². The number of benzene rings is 2. The second kappa shape index (κ2) is 6.55. The molecule has 3 heteroatoms. The molecule has 1 saturated heterocycles. The summed E-state index contributed by atoms with van der Waals surface area (Å²) in [5, 5.41) is 0. The molecule has 3 nitrogen and oxygen atoms in total. The van der Waals surface area contributed by atoms with Crippen molar-refractivity contribution >= 4 is 5.91 Å². The summed E-state index contributed by atoms with van der Waals surface area (Å²) in [4.78, 5) is 13.9. The molecule has 1 aliphatic rings. The van der Waals surface area contributed by atoms with Gasteiger partial charge >= 0.3 is 0 Å². The summed E-state index contributed by atoms with van der Waals surface area (Å²) in [6.07, 6.45) is 0.487. The van der Waals surface area contributed by atoms with E-state index < -0.39 is 0 Å². The number of hydrogen-bond donors (Lipinski definition) is 0. The molecule has 0 saturated carbocycles. The van der Waals surface area contributed by atoms with E-state index in [0.717, 1.165) is 11.1 Å². The third-order valence-electron chi connectivity index (χ3n) is 3.72. The molecule has 1 unspecified atom stereocenters. The number of likely N-dealkylation sites (tertiary alicyclic amines) is 1. The molecule has 2 aromatic carbocycles. The highest BCUT2D eigenvalue weighted by Crippen LogP contribution is 2.18. The molecule has 0 aliphatic carbocycles. The van der Waals surface area contributed by atoms with Gasteiger partial charge < -0.3 is 9.64 Å². The lowest BCUT2D eigenvalue weighted by Gasteiger charge is -2.17. The van der Waals surface area contributed by atoms with Gasteiger partial charge in [0.15, 0.2) is 0 Å². The van der Waals surface area contributed by atoms with E-state index in [4.69, 9.17) is 4.74 Å².